The van der Waals surface area contributed by atoms with E-state index < -0.39 is 0 Å². The Hall–Kier alpha value is -1.88. The number of nitrogen functional groups attached to an aromatic ring is 1. The summed E-state index contributed by atoms with van der Waals surface area (Å²) >= 11 is 1.75. The highest BCUT2D eigenvalue weighted by Crippen LogP contribution is 2.31. The van der Waals surface area contributed by atoms with Gasteiger partial charge >= 0.3 is 0 Å². The molecule has 0 radical (unpaired) electrons. The number of nitrogens with two attached hydrogens (primary N) is 1. The van der Waals surface area contributed by atoms with Gasteiger partial charge in [-0.25, -0.2) is 4.98 Å². The van der Waals surface area contributed by atoms with Crippen LogP contribution < -0.4 is 5.73 Å². The number of imidazole rings is 1. The van der Waals surface area contributed by atoms with E-state index in [0.717, 1.165) is 17.5 Å². The van der Waals surface area contributed by atoms with Crippen molar-refractivity contribution in [3.05, 3.63) is 40.8 Å². The summed E-state index contributed by atoms with van der Waals surface area (Å²) in [6, 6.07) is 6.43. The van der Waals surface area contributed by atoms with E-state index in [0.29, 0.717) is 5.95 Å². The van der Waals surface area contributed by atoms with Crippen molar-refractivity contribution in [2.24, 2.45) is 0 Å². The topological polar surface area (TPSA) is 56.7 Å². The number of hydrogen-bond acceptors (Lipinski definition) is 4. The summed E-state index contributed by atoms with van der Waals surface area (Å²) in [4.78, 5) is 9.77. The standard InChI is InChI=1S/C13H14N4S/c1-2-10(12-4-3-7-18-12)17-11-5-6-15-8-9(11)16-13(17)14/h3-8,10H,2H2,1H3,(H2,14,16). The first-order chi connectivity index (χ1) is 8.81. The van der Waals surface area contributed by atoms with Crippen molar-refractivity contribution in [1.82, 2.24) is 14.5 Å². The fourth-order valence-electron chi connectivity index (χ4n) is 2.29. The second-order valence-corrected chi connectivity index (χ2v) is 5.12. The van der Waals surface area contributed by atoms with E-state index in [9.17, 15) is 0 Å². The Labute approximate surface area is 109 Å². The fraction of sp³-hybridized carbons (Fsp3) is 0.231. The van der Waals surface area contributed by atoms with Crippen molar-refractivity contribution in [3.63, 3.8) is 0 Å². The second-order valence-electron chi connectivity index (χ2n) is 4.14. The van der Waals surface area contributed by atoms with Gasteiger partial charge in [-0.2, -0.15) is 0 Å². The van der Waals surface area contributed by atoms with E-state index >= 15 is 0 Å². The van der Waals surface area contributed by atoms with Gasteiger partial charge in [-0.05, 0) is 23.9 Å². The molecule has 1 atom stereocenters. The number of fused-ring (bicyclic) bond motifs is 1. The average molecular weight is 258 g/mol. The quantitative estimate of drug-likeness (QED) is 0.785. The van der Waals surface area contributed by atoms with Crippen molar-refractivity contribution in [2.75, 3.05) is 5.73 Å². The molecule has 0 aliphatic heterocycles. The van der Waals surface area contributed by atoms with E-state index in [1.165, 1.54) is 4.88 Å². The Morgan fingerprint density at radius 2 is 2.33 bits per heavy atom. The van der Waals surface area contributed by atoms with Crippen LogP contribution in [-0.4, -0.2) is 14.5 Å². The van der Waals surface area contributed by atoms with Crippen molar-refractivity contribution >= 4 is 28.3 Å². The van der Waals surface area contributed by atoms with Gasteiger partial charge in [0.2, 0.25) is 5.95 Å². The highest BCUT2D eigenvalue weighted by Gasteiger charge is 2.18. The maximum atomic E-state index is 6.06. The van der Waals surface area contributed by atoms with Crippen LogP contribution >= 0.6 is 11.3 Å². The molecule has 0 aliphatic carbocycles. The highest BCUT2D eigenvalue weighted by molar-refractivity contribution is 7.10. The number of anilines is 1. The maximum Gasteiger partial charge on any atom is 0.201 e. The molecule has 4 nitrogen and oxygen atoms in total. The number of rotatable bonds is 3. The molecule has 5 heteroatoms. The molecule has 0 spiro atoms. The van der Waals surface area contributed by atoms with Crippen LogP contribution in [0.4, 0.5) is 5.95 Å². The molecule has 0 bridgehead atoms. The number of hydrogen-bond donors (Lipinski definition) is 1. The first-order valence-electron chi connectivity index (χ1n) is 5.92. The Balaban J connectivity index is 2.21. The monoisotopic (exact) mass is 258 g/mol. The second kappa shape index (κ2) is 4.42. The maximum absolute atomic E-state index is 6.06. The molecule has 0 aliphatic rings. The van der Waals surface area contributed by atoms with Crippen LogP contribution in [0, 0.1) is 0 Å². The van der Waals surface area contributed by atoms with Crippen molar-refractivity contribution in [3.8, 4) is 0 Å². The third-order valence-electron chi connectivity index (χ3n) is 3.09. The van der Waals surface area contributed by atoms with Gasteiger partial charge in [0, 0.05) is 11.1 Å². The molecule has 1 unspecified atom stereocenters. The van der Waals surface area contributed by atoms with Crippen LogP contribution in [0.15, 0.2) is 36.0 Å². The first-order valence-corrected chi connectivity index (χ1v) is 6.80. The summed E-state index contributed by atoms with van der Waals surface area (Å²) in [6.07, 6.45) is 4.52. The van der Waals surface area contributed by atoms with Gasteiger partial charge in [0.1, 0.15) is 5.52 Å². The molecule has 2 N–H and O–H groups in total. The van der Waals surface area contributed by atoms with Crippen molar-refractivity contribution in [2.45, 2.75) is 19.4 Å². The van der Waals surface area contributed by atoms with E-state index in [1.807, 2.05) is 6.07 Å². The molecule has 0 amide bonds. The summed E-state index contributed by atoms with van der Waals surface area (Å²) < 4.78 is 2.10. The smallest absolute Gasteiger partial charge is 0.201 e. The molecular formula is C13H14N4S. The van der Waals surface area contributed by atoms with Gasteiger partial charge in [-0.3, -0.25) is 4.98 Å². The molecule has 3 rings (SSSR count). The third-order valence-corrected chi connectivity index (χ3v) is 4.06. The Morgan fingerprint density at radius 3 is 3.06 bits per heavy atom. The van der Waals surface area contributed by atoms with Crippen LogP contribution in [-0.2, 0) is 0 Å². The minimum Gasteiger partial charge on any atom is -0.369 e. The van der Waals surface area contributed by atoms with Crippen LogP contribution in [0.3, 0.4) is 0 Å². The molecule has 0 aromatic carbocycles. The molecule has 0 saturated carbocycles. The lowest BCUT2D eigenvalue weighted by Crippen LogP contribution is -2.11. The highest BCUT2D eigenvalue weighted by atomic mass is 32.1. The Bertz CT molecular complexity index is 657. The molecule has 0 saturated heterocycles. The average Bonchev–Trinajstić information content (AvgIpc) is 2.99. The van der Waals surface area contributed by atoms with Gasteiger partial charge < -0.3 is 10.3 Å². The molecule has 18 heavy (non-hydrogen) atoms. The van der Waals surface area contributed by atoms with Crippen molar-refractivity contribution < 1.29 is 0 Å². The number of pyridine rings is 1. The summed E-state index contributed by atoms with van der Waals surface area (Å²) in [5.74, 6) is 0.554. The summed E-state index contributed by atoms with van der Waals surface area (Å²) in [5.41, 5.74) is 7.96. The summed E-state index contributed by atoms with van der Waals surface area (Å²) in [6.45, 7) is 2.16. The van der Waals surface area contributed by atoms with E-state index in [1.54, 1.807) is 23.7 Å². The van der Waals surface area contributed by atoms with Crippen LogP contribution in [0.1, 0.15) is 24.3 Å². The fourth-order valence-corrected chi connectivity index (χ4v) is 3.19. The summed E-state index contributed by atoms with van der Waals surface area (Å²) in [7, 11) is 0. The Morgan fingerprint density at radius 1 is 1.44 bits per heavy atom. The first kappa shape index (κ1) is 11.2. The zero-order chi connectivity index (χ0) is 12.5. The van der Waals surface area contributed by atoms with Gasteiger partial charge in [0.15, 0.2) is 0 Å². The molecule has 3 aromatic rings. The van der Waals surface area contributed by atoms with Crippen LogP contribution in [0.25, 0.3) is 11.0 Å². The predicted octanol–water partition coefficient (Wildman–Crippen LogP) is 3.07. The van der Waals surface area contributed by atoms with Crippen molar-refractivity contribution in [1.29, 1.82) is 0 Å². The molecule has 3 heterocycles. The molecule has 0 fully saturated rings. The summed E-state index contributed by atoms with van der Waals surface area (Å²) in [5, 5.41) is 2.09. The van der Waals surface area contributed by atoms with Crippen LogP contribution in [0.5, 0.6) is 0 Å². The van der Waals surface area contributed by atoms with E-state index in [2.05, 4.69) is 39.0 Å². The minimum absolute atomic E-state index is 0.248. The molecule has 3 aromatic heterocycles. The number of aromatic nitrogens is 3. The SMILES string of the molecule is CCC(c1cccs1)n1c(N)nc2cnccc21. The van der Waals surface area contributed by atoms with Gasteiger partial charge in [0.05, 0.1) is 17.8 Å². The molecule has 92 valence electrons. The van der Waals surface area contributed by atoms with E-state index in [-0.39, 0.29) is 6.04 Å². The third kappa shape index (κ3) is 1.67. The van der Waals surface area contributed by atoms with Gasteiger partial charge in [-0.1, -0.05) is 13.0 Å². The largest absolute Gasteiger partial charge is 0.369 e. The lowest BCUT2D eigenvalue weighted by molar-refractivity contribution is 0.599. The predicted molar refractivity (Wildman–Crippen MR) is 74.7 cm³/mol. The number of thiophene rings is 1. The zero-order valence-electron chi connectivity index (χ0n) is 10.1. The number of nitrogens with zero attached hydrogens (tertiary/aromatic N) is 3. The minimum atomic E-state index is 0.248. The zero-order valence-corrected chi connectivity index (χ0v) is 10.9. The van der Waals surface area contributed by atoms with E-state index in [4.69, 9.17) is 5.73 Å². The lowest BCUT2D eigenvalue weighted by Gasteiger charge is -2.17. The normalized spacial score (nSPS) is 12.9. The molecular weight excluding hydrogens is 244 g/mol. The van der Waals surface area contributed by atoms with Gasteiger partial charge in [0.25, 0.3) is 0 Å². The lowest BCUT2D eigenvalue weighted by atomic mass is 10.2. The Kier molecular flexibility index (Phi) is 2.76. The van der Waals surface area contributed by atoms with Crippen LogP contribution in [0.2, 0.25) is 0 Å². The van der Waals surface area contributed by atoms with Gasteiger partial charge in [-0.15, -0.1) is 11.3 Å².